The number of H-pyrrole nitrogens is 1. The lowest BCUT2D eigenvalue weighted by Crippen LogP contribution is -2.44. The minimum atomic E-state index is -0.549. The van der Waals surface area contributed by atoms with Crippen LogP contribution in [0.2, 0.25) is 0 Å². The molecular formula is C22H22N4O4S. The number of carbonyl (C=O) groups excluding carboxylic acids is 1. The molecule has 160 valence electrons. The number of hydrogen-bond donors (Lipinski definition) is 2. The molecule has 0 amide bonds. The molecule has 2 aromatic heterocycles. The summed E-state index contributed by atoms with van der Waals surface area (Å²) in [6, 6.07) is 8.10. The number of carbonyl (C=O) groups is 1. The molecule has 1 aliphatic rings. The first kappa shape index (κ1) is 20.9. The van der Waals surface area contributed by atoms with E-state index in [1.54, 1.807) is 6.08 Å². The summed E-state index contributed by atoms with van der Waals surface area (Å²) >= 11 is 4.22. The summed E-state index contributed by atoms with van der Waals surface area (Å²) in [5, 5.41) is 4.22. The second kappa shape index (κ2) is 7.73. The fourth-order valence-corrected chi connectivity index (χ4v) is 4.42. The van der Waals surface area contributed by atoms with Crippen molar-refractivity contribution in [1.29, 1.82) is 0 Å². The van der Waals surface area contributed by atoms with Gasteiger partial charge < -0.3 is 14.6 Å². The molecule has 0 radical (unpaired) electrons. The van der Waals surface area contributed by atoms with Crippen LogP contribution in [0.3, 0.4) is 0 Å². The van der Waals surface area contributed by atoms with Gasteiger partial charge in [-0.1, -0.05) is 32.0 Å². The zero-order valence-corrected chi connectivity index (χ0v) is 18.3. The van der Waals surface area contributed by atoms with Crippen molar-refractivity contribution in [2.75, 3.05) is 11.9 Å². The van der Waals surface area contributed by atoms with E-state index in [0.29, 0.717) is 17.7 Å². The number of likely N-dealkylation sites (N-methyl/N-ethyl adjacent to an activating group) is 1. The highest BCUT2D eigenvalue weighted by molar-refractivity contribution is 7.79. The number of nitrogens with one attached hydrogen (secondary N) is 1. The lowest BCUT2D eigenvalue weighted by molar-refractivity contribution is -0.129. The molecular weight excluding hydrogens is 416 g/mol. The van der Waals surface area contributed by atoms with Crippen molar-refractivity contribution in [2.45, 2.75) is 31.6 Å². The number of para-hydroxylation sites is 1. The molecule has 3 heterocycles. The molecule has 3 aromatic rings. The summed E-state index contributed by atoms with van der Waals surface area (Å²) in [7, 11) is 1.96. The van der Waals surface area contributed by atoms with Gasteiger partial charge in [-0.05, 0) is 23.8 Å². The molecule has 0 unspecified atom stereocenters. The van der Waals surface area contributed by atoms with E-state index in [2.05, 4.69) is 47.5 Å². The maximum absolute atomic E-state index is 13.0. The number of rotatable bonds is 5. The van der Waals surface area contributed by atoms with Gasteiger partial charge in [-0.25, -0.2) is 0 Å². The number of allylic oxidation sites excluding steroid dienone is 2. The first-order valence-corrected chi connectivity index (χ1v) is 10.3. The van der Waals surface area contributed by atoms with Crippen LogP contribution in [0.5, 0.6) is 0 Å². The molecule has 0 fully saturated rings. The fourth-order valence-electron chi connectivity index (χ4n) is 4.16. The SMILES string of the molecule is CN1/C(=C/C=c2/c(=O)[nH]c3c(COC=O)c(CS)nn3c2=O)C(C)(C)c2ccccc21. The number of aromatic nitrogens is 3. The lowest BCUT2D eigenvalue weighted by Gasteiger charge is -2.23. The molecule has 31 heavy (non-hydrogen) atoms. The van der Waals surface area contributed by atoms with E-state index in [1.165, 1.54) is 11.6 Å². The van der Waals surface area contributed by atoms with Crippen LogP contribution in [0, 0.1) is 0 Å². The molecule has 4 rings (SSSR count). The van der Waals surface area contributed by atoms with E-state index in [-0.39, 0.29) is 28.6 Å². The summed E-state index contributed by atoms with van der Waals surface area (Å²) in [6.07, 6.45) is 3.33. The van der Waals surface area contributed by atoms with Gasteiger partial charge in [0.2, 0.25) is 0 Å². The Labute approximate surface area is 183 Å². The van der Waals surface area contributed by atoms with Crippen LogP contribution in [0.25, 0.3) is 11.7 Å². The maximum atomic E-state index is 13.0. The van der Waals surface area contributed by atoms with Crippen LogP contribution in [0.15, 0.2) is 45.6 Å². The summed E-state index contributed by atoms with van der Waals surface area (Å²) < 4.78 is 5.93. The summed E-state index contributed by atoms with van der Waals surface area (Å²) in [5.41, 5.74) is 2.97. The molecule has 0 saturated heterocycles. The highest BCUT2D eigenvalue weighted by atomic mass is 32.1. The van der Waals surface area contributed by atoms with Gasteiger partial charge in [0.05, 0.1) is 11.3 Å². The number of hydrogen-bond acceptors (Lipinski definition) is 7. The van der Waals surface area contributed by atoms with Gasteiger partial charge in [-0.15, -0.1) is 0 Å². The Morgan fingerprint density at radius 2 is 1.97 bits per heavy atom. The quantitative estimate of drug-likeness (QED) is 0.460. The van der Waals surface area contributed by atoms with Gasteiger partial charge in [-0.3, -0.25) is 14.4 Å². The van der Waals surface area contributed by atoms with Crippen LogP contribution < -0.4 is 21.2 Å². The standard InChI is InChI=1S/C22H22N4O4S/c1-22(2)15-6-4-5-7-17(15)25(3)18(22)9-8-13-20(28)23-19-14(10-30-12-27)16(11-31)24-26(19)21(13)29/h4-9,12,31H,10-11H2,1-3H3,(H,23,28)/b13-8-,18-9+. The number of ether oxygens (including phenoxy) is 1. The average Bonchev–Trinajstić information content (AvgIpc) is 3.19. The number of thiol groups is 1. The van der Waals surface area contributed by atoms with Crippen LogP contribution in [0.4, 0.5) is 5.69 Å². The van der Waals surface area contributed by atoms with Crippen molar-refractivity contribution in [1.82, 2.24) is 14.6 Å². The highest BCUT2D eigenvalue weighted by Gasteiger charge is 2.37. The Hall–Kier alpha value is -3.33. The van der Waals surface area contributed by atoms with E-state index in [0.717, 1.165) is 15.9 Å². The van der Waals surface area contributed by atoms with Crippen molar-refractivity contribution in [3.8, 4) is 0 Å². The second-order valence-electron chi connectivity index (χ2n) is 7.84. The molecule has 0 saturated carbocycles. The Morgan fingerprint density at radius 3 is 2.65 bits per heavy atom. The van der Waals surface area contributed by atoms with Gasteiger partial charge in [0.1, 0.15) is 17.5 Å². The number of fused-ring (bicyclic) bond motifs is 2. The molecule has 1 N–H and O–H groups in total. The van der Waals surface area contributed by atoms with Crippen LogP contribution in [0.1, 0.15) is 30.7 Å². The van der Waals surface area contributed by atoms with Gasteiger partial charge in [0.25, 0.3) is 17.6 Å². The molecule has 1 aromatic carbocycles. The maximum Gasteiger partial charge on any atom is 0.293 e. The van der Waals surface area contributed by atoms with Gasteiger partial charge in [0, 0.05) is 29.6 Å². The number of aromatic amines is 1. The number of anilines is 1. The Kier molecular flexibility index (Phi) is 5.22. The normalized spacial score (nSPS) is 16.8. The molecule has 0 spiro atoms. The molecule has 0 bridgehead atoms. The van der Waals surface area contributed by atoms with E-state index < -0.39 is 11.1 Å². The Morgan fingerprint density at radius 1 is 1.23 bits per heavy atom. The van der Waals surface area contributed by atoms with Crippen molar-refractivity contribution < 1.29 is 9.53 Å². The summed E-state index contributed by atoms with van der Waals surface area (Å²) in [6.45, 7) is 4.40. The monoisotopic (exact) mass is 438 g/mol. The van der Waals surface area contributed by atoms with Gasteiger partial charge >= 0.3 is 0 Å². The third kappa shape index (κ3) is 3.25. The molecule has 9 heteroatoms. The van der Waals surface area contributed by atoms with E-state index in [4.69, 9.17) is 4.74 Å². The predicted molar refractivity (Wildman–Crippen MR) is 121 cm³/mol. The number of nitrogens with zero attached hydrogens (tertiary/aromatic N) is 3. The number of benzene rings is 1. The third-order valence-corrected chi connectivity index (χ3v) is 6.06. The highest BCUT2D eigenvalue weighted by Crippen LogP contribution is 2.46. The summed E-state index contributed by atoms with van der Waals surface area (Å²) in [4.78, 5) is 41.1. The third-order valence-electron chi connectivity index (χ3n) is 5.76. The zero-order valence-electron chi connectivity index (χ0n) is 17.4. The topological polar surface area (TPSA) is 96.8 Å². The Balaban J connectivity index is 1.89. The van der Waals surface area contributed by atoms with Crippen molar-refractivity contribution in [3.63, 3.8) is 0 Å². The first-order chi connectivity index (χ1) is 14.8. The smallest absolute Gasteiger partial charge is 0.293 e. The second-order valence-corrected chi connectivity index (χ2v) is 8.16. The van der Waals surface area contributed by atoms with Crippen LogP contribution in [-0.4, -0.2) is 28.1 Å². The minimum Gasteiger partial charge on any atom is -0.463 e. The molecule has 0 aliphatic carbocycles. The zero-order chi connectivity index (χ0) is 22.3. The molecule has 0 atom stereocenters. The van der Waals surface area contributed by atoms with E-state index in [1.807, 2.05) is 25.2 Å². The largest absolute Gasteiger partial charge is 0.463 e. The lowest BCUT2D eigenvalue weighted by atomic mass is 9.84. The molecule has 8 nitrogen and oxygen atoms in total. The molecule has 1 aliphatic heterocycles. The Bertz CT molecular complexity index is 1390. The van der Waals surface area contributed by atoms with Crippen LogP contribution in [-0.2, 0) is 27.3 Å². The predicted octanol–water partition coefficient (Wildman–Crippen LogP) is 1.30. The van der Waals surface area contributed by atoms with E-state index >= 15 is 0 Å². The van der Waals surface area contributed by atoms with Crippen LogP contribution >= 0.6 is 12.6 Å². The minimum absolute atomic E-state index is 0.0313. The van der Waals surface area contributed by atoms with Gasteiger partial charge in [0.15, 0.2) is 0 Å². The van der Waals surface area contributed by atoms with E-state index in [9.17, 15) is 14.4 Å². The van der Waals surface area contributed by atoms with Crippen molar-refractivity contribution in [2.24, 2.45) is 0 Å². The van der Waals surface area contributed by atoms with Crippen molar-refractivity contribution in [3.05, 3.63) is 78.8 Å². The summed E-state index contributed by atoms with van der Waals surface area (Å²) in [5.74, 6) is 0.223. The van der Waals surface area contributed by atoms with Crippen molar-refractivity contribution >= 4 is 36.5 Å². The first-order valence-electron chi connectivity index (χ1n) is 9.69. The van der Waals surface area contributed by atoms with Gasteiger partial charge in [-0.2, -0.15) is 22.2 Å². The average molecular weight is 439 g/mol. The fraction of sp³-hybridized carbons (Fsp3) is 0.273.